The zero-order chi connectivity index (χ0) is 13.5. The molecule has 18 heavy (non-hydrogen) atoms. The van der Waals surface area contributed by atoms with Gasteiger partial charge in [0.25, 0.3) is 5.78 Å². The van der Waals surface area contributed by atoms with Crippen molar-refractivity contribution >= 4 is 23.5 Å². The van der Waals surface area contributed by atoms with Gasteiger partial charge in [0.1, 0.15) is 6.61 Å². The quantitative estimate of drug-likeness (QED) is 0.470. The van der Waals surface area contributed by atoms with E-state index < -0.39 is 17.8 Å². The van der Waals surface area contributed by atoms with E-state index in [4.69, 9.17) is 5.11 Å². The lowest BCUT2D eigenvalue weighted by molar-refractivity contribution is -0.131. The van der Waals surface area contributed by atoms with Crippen LogP contribution in [-0.4, -0.2) is 29.6 Å². The standard InChI is InChI=1S/C12H11NO5/c1-2-7-18-12(17)13-9-5-3-8(4-6-9)10(14)11(15)16/h2-6H,1,7H2,(H,13,17)(H,15,16). The number of benzene rings is 1. The van der Waals surface area contributed by atoms with Crippen molar-refractivity contribution in [1.29, 1.82) is 0 Å². The summed E-state index contributed by atoms with van der Waals surface area (Å²) in [6, 6.07) is 5.43. The number of carboxylic acids is 1. The minimum atomic E-state index is -1.53. The first-order chi connectivity index (χ1) is 8.54. The van der Waals surface area contributed by atoms with Crippen LogP contribution in [0.2, 0.25) is 0 Å². The molecular weight excluding hydrogens is 238 g/mol. The number of carbonyl (C=O) groups is 3. The van der Waals surface area contributed by atoms with Gasteiger partial charge in [-0.3, -0.25) is 10.1 Å². The van der Waals surface area contributed by atoms with Gasteiger partial charge in [0, 0.05) is 11.3 Å². The van der Waals surface area contributed by atoms with Crippen molar-refractivity contribution in [3.63, 3.8) is 0 Å². The summed E-state index contributed by atoms with van der Waals surface area (Å²) in [5.74, 6) is -2.53. The van der Waals surface area contributed by atoms with E-state index in [1.54, 1.807) is 0 Å². The Morgan fingerprint density at radius 3 is 2.39 bits per heavy atom. The van der Waals surface area contributed by atoms with Crippen LogP contribution in [0.1, 0.15) is 10.4 Å². The highest BCUT2D eigenvalue weighted by Crippen LogP contribution is 2.10. The Morgan fingerprint density at radius 1 is 1.28 bits per heavy atom. The molecule has 0 fully saturated rings. The van der Waals surface area contributed by atoms with Crippen LogP contribution in [-0.2, 0) is 9.53 Å². The second-order valence-corrected chi connectivity index (χ2v) is 3.22. The highest BCUT2D eigenvalue weighted by Gasteiger charge is 2.14. The van der Waals surface area contributed by atoms with Crippen molar-refractivity contribution in [1.82, 2.24) is 0 Å². The predicted molar refractivity (Wildman–Crippen MR) is 63.6 cm³/mol. The third kappa shape index (κ3) is 3.75. The molecule has 0 saturated heterocycles. The van der Waals surface area contributed by atoms with Crippen molar-refractivity contribution in [3.8, 4) is 0 Å². The molecule has 1 rings (SSSR count). The van der Waals surface area contributed by atoms with Crippen LogP contribution in [0.15, 0.2) is 36.9 Å². The van der Waals surface area contributed by atoms with Gasteiger partial charge in [0.2, 0.25) is 0 Å². The second kappa shape index (κ2) is 6.19. The monoisotopic (exact) mass is 249 g/mol. The lowest BCUT2D eigenvalue weighted by Crippen LogP contribution is -2.14. The molecule has 0 aromatic heterocycles. The Kier molecular flexibility index (Phi) is 4.62. The lowest BCUT2D eigenvalue weighted by Gasteiger charge is -2.05. The summed E-state index contributed by atoms with van der Waals surface area (Å²) in [6.45, 7) is 3.47. The van der Waals surface area contributed by atoms with Crippen molar-refractivity contribution in [3.05, 3.63) is 42.5 Å². The highest BCUT2D eigenvalue weighted by atomic mass is 16.5. The summed E-state index contributed by atoms with van der Waals surface area (Å²) >= 11 is 0. The van der Waals surface area contributed by atoms with Crippen LogP contribution in [0.5, 0.6) is 0 Å². The Labute approximate surface area is 103 Å². The number of anilines is 1. The van der Waals surface area contributed by atoms with Crippen LogP contribution >= 0.6 is 0 Å². The van der Waals surface area contributed by atoms with Crippen molar-refractivity contribution in [2.45, 2.75) is 0 Å². The van der Waals surface area contributed by atoms with Gasteiger partial charge in [0.15, 0.2) is 0 Å². The van der Waals surface area contributed by atoms with Crippen molar-refractivity contribution in [2.24, 2.45) is 0 Å². The third-order valence-electron chi connectivity index (χ3n) is 1.92. The molecule has 0 aliphatic rings. The average molecular weight is 249 g/mol. The molecule has 0 aliphatic carbocycles. The van der Waals surface area contributed by atoms with E-state index in [1.807, 2.05) is 0 Å². The minimum Gasteiger partial charge on any atom is -0.475 e. The van der Waals surface area contributed by atoms with Crippen LogP contribution in [0.4, 0.5) is 10.5 Å². The molecule has 94 valence electrons. The molecule has 0 saturated carbocycles. The number of aliphatic carboxylic acids is 1. The van der Waals surface area contributed by atoms with Gasteiger partial charge in [-0.25, -0.2) is 9.59 Å². The molecular formula is C12H11NO5. The van der Waals surface area contributed by atoms with E-state index in [0.29, 0.717) is 5.69 Å². The Hall–Kier alpha value is -2.63. The van der Waals surface area contributed by atoms with Gasteiger partial charge in [-0.2, -0.15) is 0 Å². The molecule has 1 amide bonds. The summed E-state index contributed by atoms with van der Waals surface area (Å²) in [7, 11) is 0. The fourth-order valence-electron chi connectivity index (χ4n) is 1.12. The highest BCUT2D eigenvalue weighted by molar-refractivity contribution is 6.39. The zero-order valence-corrected chi connectivity index (χ0v) is 9.38. The van der Waals surface area contributed by atoms with Gasteiger partial charge in [-0.05, 0) is 24.3 Å². The minimum absolute atomic E-state index is 0.0347. The van der Waals surface area contributed by atoms with Gasteiger partial charge < -0.3 is 9.84 Å². The molecule has 0 unspecified atom stereocenters. The molecule has 0 atom stereocenters. The van der Waals surface area contributed by atoms with Gasteiger partial charge in [-0.1, -0.05) is 12.7 Å². The van der Waals surface area contributed by atoms with Crippen LogP contribution in [0.3, 0.4) is 0 Å². The van der Waals surface area contributed by atoms with E-state index in [2.05, 4.69) is 16.6 Å². The molecule has 2 N–H and O–H groups in total. The van der Waals surface area contributed by atoms with Crippen LogP contribution in [0, 0.1) is 0 Å². The number of amides is 1. The van der Waals surface area contributed by atoms with Crippen LogP contribution < -0.4 is 5.32 Å². The topological polar surface area (TPSA) is 92.7 Å². The SMILES string of the molecule is C=CCOC(=O)Nc1ccc(C(=O)C(=O)O)cc1. The maximum atomic E-state index is 11.2. The first-order valence-electron chi connectivity index (χ1n) is 4.97. The van der Waals surface area contributed by atoms with E-state index in [1.165, 1.54) is 30.3 Å². The first-order valence-corrected chi connectivity index (χ1v) is 4.97. The number of Topliss-reactive ketones (excluding diaryl/α,β-unsaturated/α-hetero) is 1. The molecule has 0 heterocycles. The third-order valence-corrected chi connectivity index (χ3v) is 1.92. The number of rotatable bonds is 5. The summed E-state index contributed by atoms with van der Waals surface area (Å²) in [4.78, 5) is 32.7. The normalized spacial score (nSPS) is 9.33. The maximum Gasteiger partial charge on any atom is 0.411 e. The van der Waals surface area contributed by atoms with E-state index in [0.717, 1.165) is 0 Å². The Bertz CT molecular complexity index is 478. The first kappa shape index (κ1) is 13.4. The van der Waals surface area contributed by atoms with Crippen molar-refractivity contribution < 1.29 is 24.2 Å². The molecule has 6 nitrogen and oxygen atoms in total. The zero-order valence-electron chi connectivity index (χ0n) is 9.38. The number of carboxylic acid groups (broad SMARTS) is 1. The molecule has 0 bridgehead atoms. The van der Waals surface area contributed by atoms with Crippen molar-refractivity contribution in [2.75, 3.05) is 11.9 Å². The maximum absolute atomic E-state index is 11.2. The number of nitrogens with one attached hydrogen (secondary N) is 1. The summed E-state index contributed by atoms with van der Waals surface area (Å²) in [5, 5.41) is 10.9. The number of hydrogen-bond acceptors (Lipinski definition) is 4. The average Bonchev–Trinajstić information content (AvgIpc) is 2.36. The second-order valence-electron chi connectivity index (χ2n) is 3.22. The fourth-order valence-corrected chi connectivity index (χ4v) is 1.12. The largest absolute Gasteiger partial charge is 0.475 e. The fraction of sp³-hybridized carbons (Fsp3) is 0.0833. The summed E-state index contributed by atoms with van der Waals surface area (Å²) < 4.78 is 4.68. The number of ketones is 1. The van der Waals surface area contributed by atoms with E-state index >= 15 is 0 Å². The number of ether oxygens (including phenoxy) is 1. The molecule has 0 spiro atoms. The lowest BCUT2D eigenvalue weighted by atomic mass is 10.1. The number of hydrogen-bond donors (Lipinski definition) is 2. The predicted octanol–water partition coefficient (Wildman–Crippen LogP) is 1.69. The molecule has 0 radical (unpaired) electrons. The molecule has 1 aromatic carbocycles. The Balaban J connectivity index is 2.66. The van der Waals surface area contributed by atoms with Gasteiger partial charge in [-0.15, -0.1) is 0 Å². The molecule has 0 aliphatic heterocycles. The van der Waals surface area contributed by atoms with Gasteiger partial charge >= 0.3 is 12.1 Å². The Morgan fingerprint density at radius 2 is 1.89 bits per heavy atom. The number of carbonyl (C=O) groups excluding carboxylic acids is 2. The van der Waals surface area contributed by atoms with E-state index in [-0.39, 0.29) is 12.2 Å². The van der Waals surface area contributed by atoms with E-state index in [9.17, 15) is 14.4 Å². The molecule has 1 aromatic rings. The van der Waals surface area contributed by atoms with Gasteiger partial charge in [0.05, 0.1) is 0 Å². The summed E-state index contributed by atoms with van der Waals surface area (Å²) in [6.07, 6.45) is 0.765. The van der Waals surface area contributed by atoms with Crippen LogP contribution in [0.25, 0.3) is 0 Å². The smallest absolute Gasteiger partial charge is 0.411 e. The summed E-state index contributed by atoms with van der Waals surface area (Å²) in [5.41, 5.74) is 0.429. The molecule has 6 heteroatoms.